The van der Waals surface area contributed by atoms with Gasteiger partial charge in [-0.3, -0.25) is 9.78 Å². The van der Waals surface area contributed by atoms with Crippen LogP contribution in [0.1, 0.15) is 37.1 Å². The van der Waals surface area contributed by atoms with E-state index in [1.54, 1.807) is 6.92 Å². The summed E-state index contributed by atoms with van der Waals surface area (Å²) in [6.45, 7) is 6.08. The van der Waals surface area contributed by atoms with Gasteiger partial charge in [0.25, 0.3) is 0 Å². The van der Waals surface area contributed by atoms with Crippen LogP contribution in [0.4, 0.5) is 0 Å². The third-order valence-electron chi connectivity index (χ3n) is 5.75. The van der Waals surface area contributed by atoms with E-state index in [4.69, 9.17) is 16.3 Å². The molecule has 0 aliphatic rings. The van der Waals surface area contributed by atoms with Crippen LogP contribution in [0.25, 0.3) is 10.9 Å². The fourth-order valence-corrected chi connectivity index (χ4v) is 3.97. The number of alkyl halides is 1. The largest absolute Gasteiger partial charge is 0.489 e. The molecule has 5 heteroatoms. The van der Waals surface area contributed by atoms with Crippen LogP contribution in [-0.4, -0.2) is 21.9 Å². The summed E-state index contributed by atoms with van der Waals surface area (Å²) in [5.41, 5.74) is 2.73. The summed E-state index contributed by atoms with van der Waals surface area (Å²) >= 11 is 5.85. The number of hydrogen-bond donors (Lipinski definition) is 1. The average molecular weight is 412 g/mol. The summed E-state index contributed by atoms with van der Waals surface area (Å²) in [5.74, 6) is 0.202. The maximum atomic E-state index is 12.0. The molecule has 4 nitrogen and oxygen atoms in total. The molecule has 3 rings (SSSR count). The summed E-state index contributed by atoms with van der Waals surface area (Å²) in [5, 5.41) is 10.9. The smallest absolute Gasteiger partial charge is 0.314 e. The quantitative estimate of drug-likeness (QED) is 0.481. The highest BCUT2D eigenvalue weighted by Crippen LogP contribution is 2.35. The molecule has 0 saturated heterocycles. The van der Waals surface area contributed by atoms with Crippen LogP contribution in [0.5, 0.6) is 5.75 Å². The second kappa shape index (κ2) is 8.83. The number of benzene rings is 2. The van der Waals surface area contributed by atoms with Crippen LogP contribution < -0.4 is 4.74 Å². The molecule has 1 aromatic heterocycles. The van der Waals surface area contributed by atoms with Crippen molar-refractivity contribution in [3.05, 3.63) is 71.4 Å². The van der Waals surface area contributed by atoms with E-state index >= 15 is 0 Å². The van der Waals surface area contributed by atoms with Crippen molar-refractivity contribution < 1.29 is 14.6 Å². The molecule has 0 fully saturated rings. The van der Waals surface area contributed by atoms with Gasteiger partial charge in [0.1, 0.15) is 12.4 Å². The molecule has 0 aliphatic carbocycles. The van der Waals surface area contributed by atoms with Gasteiger partial charge in [-0.2, -0.15) is 0 Å². The number of halogens is 1. The van der Waals surface area contributed by atoms with Crippen LogP contribution >= 0.6 is 11.6 Å². The molecule has 0 amide bonds. The van der Waals surface area contributed by atoms with Gasteiger partial charge in [0.15, 0.2) is 0 Å². The molecule has 29 heavy (non-hydrogen) atoms. The molecule has 2 aromatic carbocycles. The number of hydrogen-bond acceptors (Lipinski definition) is 3. The molecule has 0 saturated carbocycles. The molecular formula is C24H26ClNO3. The van der Waals surface area contributed by atoms with Crippen LogP contribution in [0.15, 0.2) is 54.6 Å². The van der Waals surface area contributed by atoms with Crippen molar-refractivity contribution in [3.63, 3.8) is 0 Å². The van der Waals surface area contributed by atoms with E-state index in [0.29, 0.717) is 24.7 Å². The first-order valence-electron chi connectivity index (χ1n) is 9.74. The zero-order chi connectivity index (χ0) is 21.0. The lowest BCUT2D eigenvalue weighted by molar-refractivity contribution is -0.145. The third-order valence-corrected chi connectivity index (χ3v) is 5.97. The van der Waals surface area contributed by atoms with Gasteiger partial charge in [0.05, 0.1) is 10.9 Å². The predicted molar refractivity (Wildman–Crippen MR) is 117 cm³/mol. The fourth-order valence-electron chi connectivity index (χ4n) is 3.64. The lowest BCUT2D eigenvalue weighted by Crippen LogP contribution is -2.39. The number of pyridine rings is 1. The third kappa shape index (κ3) is 4.38. The van der Waals surface area contributed by atoms with Gasteiger partial charge in [-0.15, -0.1) is 11.6 Å². The molecule has 1 heterocycles. The number of carbonyl (C=O) groups is 1. The molecule has 0 spiro atoms. The Bertz CT molecular complexity index is 1000. The van der Waals surface area contributed by atoms with Gasteiger partial charge < -0.3 is 9.84 Å². The monoisotopic (exact) mass is 411 g/mol. The number of ether oxygens (including phenoxy) is 1. The number of carboxylic acid groups (broad SMARTS) is 1. The van der Waals surface area contributed by atoms with Crippen LogP contribution in [0, 0.1) is 12.8 Å². The molecule has 0 aliphatic heterocycles. The highest BCUT2D eigenvalue weighted by Gasteiger charge is 2.40. The van der Waals surface area contributed by atoms with Crippen molar-refractivity contribution in [2.75, 3.05) is 5.88 Å². The number of rotatable bonds is 8. The number of carboxylic acids is 1. The van der Waals surface area contributed by atoms with E-state index in [2.05, 4.69) is 4.98 Å². The number of aryl methyl sites for hydroxylation is 1. The molecule has 0 radical (unpaired) electrons. The van der Waals surface area contributed by atoms with Crippen LogP contribution in [0.2, 0.25) is 0 Å². The van der Waals surface area contributed by atoms with Gasteiger partial charge in [-0.25, -0.2) is 0 Å². The first kappa shape index (κ1) is 21.1. The summed E-state index contributed by atoms with van der Waals surface area (Å²) in [7, 11) is 0. The molecule has 0 bridgehead atoms. The van der Waals surface area contributed by atoms with E-state index in [0.717, 1.165) is 27.7 Å². The minimum Gasteiger partial charge on any atom is -0.489 e. The standard InChI is InChI=1S/C24H26ClNO3/c1-16(12-13-25)24(3,23(27)28)19-8-10-20(11-9-19)29-15-18-14-17(2)26-22-7-5-4-6-21(18)22/h4-11,14,16H,12-13,15H2,1-3H3,(H,27,28). The molecule has 1 N–H and O–H groups in total. The lowest BCUT2D eigenvalue weighted by atomic mass is 9.71. The summed E-state index contributed by atoms with van der Waals surface area (Å²) in [4.78, 5) is 16.6. The zero-order valence-electron chi connectivity index (χ0n) is 17.0. The fraction of sp³-hybridized carbons (Fsp3) is 0.333. The van der Waals surface area contributed by atoms with Gasteiger partial charge in [0, 0.05) is 22.5 Å². The predicted octanol–water partition coefficient (Wildman–Crippen LogP) is 5.73. The minimum atomic E-state index is -0.994. The summed E-state index contributed by atoms with van der Waals surface area (Å²) in [6.07, 6.45) is 0.636. The average Bonchev–Trinajstić information content (AvgIpc) is 2.71. The first-order chi connectivity index (χ1) is 13.9. The number of aliphatic carboxylic acids is 1. The Morgan fingerprint density at radius 1 is 1.21 bits per heavy atom. The second-order valence-corrected chi connectivity index (χ2v) is 8.02. The van der Waals surface area contributed by atoms with Crippen molar-refractivity contribution in [1.82, 2.24) is 4.98 Å². The molecule has 3 aromatic rings. The van der Waals surface area contributed by atoms with E-state index in [-0.39, 0.29) is 5.92 Å². The first-order valence-corrected chi connectivity index (χ1v) is 10.3. The van der Waals surface area contributed by atoms with Crippen molar-refractivity contribution in [1.29, 1.82) is 0 Å². The van der Waals surface area contributed by atoms with Gasteiger partial charge in [-0.05, 0) is 56.0 Å². The van der Waals surface area contributed by atoms with Crippen LogP contribution in [0.3, 0.4) is 0 Å². The summed E-state index contributed by atoms with van der Waals surface area (Å²) < 4.78 is 5.99. The lowest BCUT2D eigenvalue weighted by Gasteiger charge is -2.32. The van der Waals surface area contributed by atoms with Crippen LogP contribution in [-0.2, 0) is 16.8 Å². The second-order valence-electron chi connectivity index (χ2n) is 7.64. The zero-order valence-corrected chi connectivity index (χ0v) is 17.7. The Morgan fingerprint density at radius 2 is 1.90 bits per heavy atom. The van der Waals surface area contributed by atoms with Gasteiger partial charge in [-0.1, -0.05) is 37.3 Å². The van der Waals surface area contributed by atoms with E-state index in [1.807, 2.05) is 68.4 Å². The normalized spacial score (nSPS) is 14.3. The minimum absolute atomic E-state index is 0.0876. The highest BCUT2D eigenvalue weighted by molar-refractivity contribution is 6.17. The molecule has 152 valence electrons. The van der Waals surface area contributed by atoms with Crippen molar-refractivity contribution in [2.45, 2.75) is 39.2 Å². The van der Waals surface area contributed by atoms with E-state index in [1.165, 1.54) is 0 Å². The van der Waals surface area contributed by atoms with Crippen molar-refractivity contribution >= 4 is 28.5 Å². The Balaban J connectivity index is 1.80. The maximum absolute atomic E-state index is 12.0. The molecule has 2 atom stereocenters. The number of para-hydroxylation sites is 1. The number of nitrogens with zero attached hydrogens (tertiary/aromatic N) is 1. The van der Waals surface area contributed by atoms with Crippen molar-refractivity contribution in [3.8, 4) is 5.75 Å². The Morgan fingerprint density at radius 3 is 2.55 bits per heavy atom. The Kier molecular flexibility index (Phi) is 6.43. The van der Waals surface area contributed by atoms with Gasteiger partial charge >= 0.3 is 5.97 Å². The van der Waals surface area contributed by atoms with Gasteiger partial charge in [0.2, 0.25) is 0 Å². The topological polar surface area (TPSA) is 59.4 Å². The SMILES string of the molecule is Cc1cc(COc2ccc(C(C)(C(=O)O)C(C)CCCl)cc2)c2ccccc2n1. The molecule has 2 unspecified atom stereocenters. The Hall–Kier alpha value is -2.59. The molecular weight excluding hydrogens is 386 g/mol. The number of aromatic nitrogens is 1. The summed E-state index contributed by atoms with van der Waals surface area (Å²) in [6, 6.07) is 17.4. The van der Waals surface area contributed by atoms with E-state index < -0.39 is 11.4 Å². The maximum Gasteiger partial charge on any atom is 0.314 e. The number of fused-ring (bicyclic) bond motifs is 1. The van der Waals surface area contributed by atoms with Crippen molar-refractivity contribution in [2.24, 2.45) is 5.92 Å². The Labute approximate surface area is 176 Å². The van der Waals surface area contributed by atoms with E-state index in [9.17, 15) is 9.90 Å². The highest BCUT2D eigenvalue weighted by atomic mass is 35.5.